The number of hydrogen-bond donors (Lipinski definition) is 0. The van der Waals surface area contributed by atoms with E-state index in [1.165, 1.54) is 0 Å². The molecule has 0 N–H and O–H groups in total. The highest BCUT2D eigenvalue weighted by molar-refractivity contribution is 6.27. The van der Waals surface area contributed by atoms with E-state index >= 15 is 0 Å². The predicted octanol–water partition coefficient (Wildman–Crippen LogP) is 5.04. The Morgan fingerprint density at radius 2 is 1.77 bits per heavy atom. The molecule has 3 nitrogen and oxygen atoms in total. The molecule has 2 rings (SSSR count). The number of benzene rings is 1. The predicted molar refractivity (Wildman–Crippen MR) is 88.8 cm³/mol. The topological polar surface area (TPSA) is 45.2 Å². The molecule has 0 saturated carbocycles. The minimum absolute atomic E-state index is 0.0289. The Morgan fingerprint density at radius 3 is 2.23 bits per heavy atom. The standard InChI is InChI=1S/C17H14N2O.C2H6/c1-17(2,3)9-13-15(14(10-18)19-4)11-7-5-6-8-12(11)16(13)20;1-2/h5-9H,1-3H3;1-2H3/b13-9-,15-14?;. The number of allylic oxidation sites excluding steroid dienone is 4. The van der Waals surface area contributed by atoms with Crippen LogP contribution < -0.4 is 0 Å². The van der Waals surface area contributed by atoms with Crippen molar-refractivity contribution in [2.75, 3.05) is 0 Å². The van der Waals surface area contributed by atoms with Crippen molar-refractivity contribution in [1.82, 2.24) is 0 Å². The molecular weight excluding hydrogens is 272 g/mol. The van der Waals surface area contributed by atoms with Gasteiger partial charge in [-0.1, -0.05) is 65.0 Å². The van der Waals surface area contributed by atoms with E-state index in [2.05, 4.69) is 4.85 Å². The smallest absolute Gasteiger partial charge is 0.270 e. The molecule has 1 aliphatic rings. The number of fused-ring (bicyclic) bond motifs is 1. The fourth-order valence-corrected chi connectivity index (χ4v) is 2.27. The van der Waals surface area contributed by atoms with Gasteiger partial charge in [0.1, 0.15) is 0 Å². The maximum Gasteiger partial charge on any atom is 0.270 e. The maximum atomic E-state index is 12.5. The summed E-state index contributed by atoms with van der Waals surface area (Å²) in [6.45, 7) is 17.1. The van der Waals surface area contributed by atoms with Gasteiger partial charge in [-0.3, -0.25) is 4.79 Å². The Labute approximate surface area is 132 Å². The van der Waals surface area contributed by atoms with Gasteiger partial charge in [-0.05, 0) is 11.0 Å². The summed E-state index contributed by atoms with van der Waals surface area (Å²) in [6, 6.07) is 9.03. The van der Waals surface area contributed by atoms with Crippen LogP contribution in [0, 0.1) is 23.3 Å². The molecular formula is C19H20N2O. The first-order chi connectivity index (χ1) is 10.4. The largest absolute Gasteiger partial charge is 0.289 e. The van der Waals surface area contributed by atoms with Crippen LogP contribution in [0.25, 0.3) is 10.4 Å². The van der Waals surface area contributed by atoms with Crippen LogP contribution in [0.2, 0.25) is 0 Å². The summed E-state index contributed by atoms with van der Waals surface area (Å²) >= 11 is 0. The van der Waals surface area contributed by atoms with E-state index in [9.17, 15) is 4.79 Å². The first kappa shape index (κ1) is 17.4. The van der Waals surface area contributed by atoms with Gasteiger partial charge in [-0.25, -0.2) is 10.1 Å². The average molecular weight is 292 g/mol. The number of nitrogens with zero attached hydrogens (tertiary/aromatic N) is 2. The molecule has 0 heterocycles. The number of Topliss-reactive ketones (excluding diaryl/α,β-unsaturated/α-hetero) is 1. The van der Waals surface area contributed by atoms with Gasteiger partial charge in [0.05, 0.1) is 12.6 Å². The van der Waals surface area contributed by atoms with Gasteiger partial charge in [-0.2, -0.15) is 0 Å². The van der Waals surface area contributed by atoms with E-state index in [1.54, 1.807) is 18.2 Å². The van der Waals surface area contributed by atoms with Crippen molar-refractivity contribution in [2.45, 2.75) is 34.6 Å². The van der Waals surface area contributed by atoms with Gasteiger partial charge < -0.3 is 0 Å². The summed E-state index contributed by atoms with van der Waals surface area (Å²) in [5.74, 6) is -0.109. The zero-order valence-corrected chi connectivity index (χ0v) is 13.7. The number of carbonyl (C=O) groups is 1. The van der Waals surface area contributed by atoms with Gasteiger partial charge in [0.15, 0.2) is 5.78 Å². The highest BCUT2D eigenvalue weighted by Gasteiger charge is 2.32. The van der Waals surface area contributed by atoms with Crippen molar-refractivity contribution < 1.29 is 4.79 Å². The SMILES string of the molecule is CC.[C-]#[N+]C(C#N)=C1/C(=C/C(C)(C)C)C(=O)c2ccccc21. The maximum absolute atomic E-state index is 12.5. The van der Waals surface area contributed by atoms with Crippen LogP contribution >= 0.6 is 0 Å². The summed E-state index contributed by atoms with van der Waals surface area (Å²) in [7, 11) is 0. The minimum atomic E-state index is -0.207. The van der Waals surface area contributed by atoms with Gasteiger partial charge in [0.25, 0.3) is 5.70 Å². The average Bonchev–Trinajstić information content (AvgIpc) is 2.76. The molecule has 1 aromatic rings. The van der Waals surface area contributed by atoms with Gasteiger partial charge in [0.2, 0.25) is 0 Å². The molecule has 1 aromatic carbocycles. The Balaban J connectivity index is 0.00000116. The molecule has 22 heavy (non-hydrogen) atoms. The molecule has 0 bridgehead atoms. The number of hydrogen-bond acceptors (Lipinski definition) is 2. The van der Waals surface area contributed by atoms with E-state index in [0.717, 1.165) is 0 Å². The lowest BCUT2D eigenvalue weighted by Gasteiger charge is -2.14. The minimum Gasteiger partial charge on any atom is -0.289 e. The monoisotopic (exact) mass is 292 g/mol. The van der Waals surface area contributed by atoms with Crippen molar-refractivity contribution in [3.8, 4) is 6.07 Å². The van der Waals surface area contributed by atoms with Crippen molar-refractivity contribution in [3.63, 3.8) is 0 Å². The highest BCUT2D eigenvalue weighted by Crippen LogP contribution is 2.40. The van der Waals surface area contributed by atoms with Crippen LogP contribution in [0.1, 0.15) is 50.5 Å². The van der Waals surface area contributed by atoms with E-state index in [4.69, 9.17) is 11.8 Å². The summed E-state index contributed by atoms with van der Waals surface area (Å²) in [6.07, 6.45) is 1.84. The number of rotatable bonds is 0. The number of carbonyl (C=O) groups excluding carboxylic acids is 1. The second-order valence-electron chi connectivity index (χ2n) is 5.75. The van der Waals surface area contributed by atoms with Crippen molar-refractivity contribution in [3.05, 3.63) is 64.2 Å². The van der Waals surface area contributed by atoms with Crippen molar-refractivity contribution in [1.29, 1.82) is 5.26 Å². The third-order valence-electron chi connectivity index (χ3n) is 2.99. The van der Waals surface area contributed by atoms with Crippen LogP contribution in [-0.4, -0.2) is 5.78 Å². The van der Waals surface area contributed by atoms with E-state index in [1.807, 2.05) is 52.8 Å². The lowest BCUT2D eigenvalue weighted by molar-refractivity contribution is 0.104. The second kappa shape index (κ2) is 6.87. The summed E-state index contributed by atoms with van der Waals surface area (Å²) in [5, 5.41) is 9.15. The Bertz CT molecular complexity index is 716. The van der Waals surface area contributed by atoms with Crippen LogP contribution in [0.4, 0.5) is 0 Å². The molecule has 0 spiro atoms. The zero-order chi connectivity index (χ0) is 16.9. The Hall–Kier alpha value is -2.65. The molecule has 0 amide bonds. The fourth-order valence-electron chi connectivity index (χ4n) is 2.27. The summed E-state index contributed by atoms with van der Waals surface area (Å²) < 4.78 is 0. The molecule has 1 aliphatic carbocycles. The lowest BCUT2D eigenvalue weighted by atomic mass is 9.90. The van der Waals surface area contributed by atoms with Crippen LogP contribution in [-0.2, 0) is 0 Å². The molecule has 0 aromatic heterocycles. The summed E-state index contributed by atoms with van der Waals surface area (Å²) in [5.41, 5.74) is 1.94. The highest BCUT2D eigenvalue weighted by atomic mass is 16.1. The van der Waals surface area contributed by atoms with Crippen molar-refractivity contribution >= 4 is 11.4 Å². The Kier molecular flexibility index (Phi) is 5.44. The van der Waals surface area contributed by atoms with Crippen LogP contribution in [0.3, 0.4) is 0 Å². The molecule has 0 radical (unpaired) electrons. The second-order valence-corrected chi connectivity index (χ2v) is 5.75. The van der Waals surface area contributed by atoms with Gasteiger partial charge in [0, 0.05) is 16.7 Å². The molecule has 0 unspecified atom stereocenters. The quantitative estimate of drug-likeness (QED) is 0.382. The summed E-state index contributed by atoms with van der Waals surface area (Å²) in [4.78, 5) is 15.8. The molecule has 0 aliphatic heterocycles. The zero-order valence-electron chi connectivity index (χ0n) is 13.7. The number of nitriles is 1. The van der Waals surface area contributed by atoms with Crippen molar-refractivity contribution in [2.24, 2.45) is 5.41 Å². The first-order valence-electron chi connectivity index (χ1n) is 7.28. The lowest BCUT2D eigenvalue weighted by Crippen LogP contribution is -2.05. The molecule has 3 heteroatoms. The van der Waals surface area contributed by atoms with Gasteiger partial charge in [-0.15, -0.1) is 0 Å². The third-order valence-corrected chi connectivity index (χ3v) is 2.99. The van der Waals surface area contributed by atoms with Crippen LogP contribution in [0.5, 0.6) is 0 Å². The van der Waals surface area contributed by atoms with E-state index < -0.39 is 0 Å². The van der Waals surface area contributed by atoms with E-state index in [0.29, 0.717) is 22.3 Å². The third kappa shape index (κ3) is 3.32. The molecule has 0 saturated heterocycles. The Morgan fingerprint density at radius 1 is 1.23 bits per heavy atom. The molecule has 0 atom stereocenters. The first-order valence-corrected chi connectivity index (χ1v) is 7.28. The molecule has 112 valence electrons. The van der Waals surface area contributed by atoms with Gasteiger partial charge >= 0.3 is 0 Å². The fraction of sp³-hybridized carbons (Fsp3) is 0.316. The van der Waals surface area contributed by atoms with Crippen LogP contribution in [0.15, 0.2) is 41.6 Å². The number of ketones is 1. The molecule has 0 fully saturated rings. The van der Waals surface area contributed by atoms with E-state index in [-0.39, 0.29) is 16.9 Å². The normalized spacial score (nSPS) is 17.0.